The van der Waals surface area contributed by atoms with Crippen molar-refractivity contribution in [1.29, 1.82) is 0 Å². The van der Waals surface area contributed by atoms with Crippen molar-refractivity contribution in [3.63, 3.8) is 0 Å². The summed E-state index contributed by atoms with van der Waals surface area (Å²) in [6.45, 7) is 7.06. The summed E-state index contributed by atoms with van der Waals surface area (Å²) in [5.41, 5.74) is 0. The number of ether oxygens (including phenoxy) is 1. The molecular weight excluding hydrogens is 228 g/mol. The van der Waals surface area contributed by atoms with Gasteiger partial charge in [-0.25, -0.2) is 0 Å². The standard InChI is InChI=1S/C6H14O3.C3H8O2.C2H6O/c1-5(2)9-4-6(8)3-7;1-3(5)2-4;1-2-3/h5-8H,3-4H2,1-2H3;3-5H,2H2,1H3;3H,2H2,1H3. The van der Waals surface area contributed by atoms with Crippen molar-refractivity contribution in [2.24, 2.45) is 0 Å². The lowest BCUT2D eigenvalue weighted by molar-refractivity contribution is -0.0167. The van der Waals surface area contributed by atoms with E-state index in [9.17, 15) is 0 Å². The Morgan fingerprint density at radius 1 is 0.941 bits per heavy atom. The van der Waals surface area contributed by atoms with Crippen molar-refractivity contribution in [3.8, 4) is 0 Å². The molecule has 0 aromatic carbocycles. The predicted molar refractivity (Wildman–Crippen MR) is 65.7 cm³/mol. The van der Waals surface area contributed by atoms with E-state index in [4.69, 9.17) is 30.3 Å². The zero-order valence-corrected chi connectivity index (χ0v) is 11.2. The minimum Gasteiger partial charge on any atom is -0.397 e. The van der Waals surface area contributed by atoms with Gasteiger partial charge in [-0.15, -0.1) is 0 Å². The molecule has 0 aromatic heterocycles. The van der Waals surface area contributed by atoms with Crippen LogP contribution in [-0.4, -0.2) is 70.3 Å². The first-order valence-electron chi connectivity index (χ1n) is 5.65. The Hall–Kier alpha value is -0.240. The Morgan fingerprint density at radius 3 is 1.47 bits per heavy atom. The van der Waals surface area contributed by atoms with Gasteiger partial charge in [-0.3, -0.25) is 0 Å². The Kier molecular flexibility index (Phi) is 23.5. The van der Waals surface area contributed by atoms with Crippen LogP contribution in [0, 0.1) is 0 Å². The van der Waals surface area contributed by atoms with Crippen molar-refractivity contribution >= 4 is 0 Å². The maximum atomic E-state index is 8.73. The van der Waals surface area contributed by atoms with Crippen LogP contribution in [0.4, 0.5) is 0 Å². The fraction of sp³-hybridized carbons (Fsp3) is 1.00. The van der Waals surface area contributed by atoms with Gasteiger partial charge in [0.2, 0.25) is 0 Å². The summed E-state index contributed by atoms with van der Waals surface area (Å²) < 4.78 is 4.98. The van der Waals surface area contributed by atoms with E-state index in [1.807, 2.05) is 13.8 Å². The largest absolute Gasteiger partial charge is 0.397 e. The van der Waals surface area contributed by atoms with Gasteiger partial charge in [0.1, 0.15) is 6.10 Å². The number of aliphatic hydroxyl groups is 5. The molecule has 5 N–H and O–H groups in total. The molecule has 0 aromatic rings. The van der Waals surface area contributed by atoms with Crippen LogP contribution in [0.15, 0.2) is 0 Å². The second-order valence-corrected chi connectivity index (χ2v) is 3.57. The third-order valence-corrected chi connectivity index (χ3v) is 1.10. The van der Waals surface area contributed by atoms with Gasteiger partial charge < -0.3 is 30.3 Å². The zero-order chi connectivity index (χ0) is 14.3. The molecule has 0 amide bonds. The highest BCUT2D eigenvalue weighted by Gasteiger charge is 2.01. The van der Waals surface area contributed by atoms with Crippen LogP contribution in [0.3, 0.4) is 0 Å². The smallest absolute Gasteiger partial charge is 0.100 e. The maximum absolute atomic E-state index is 8.73. The average Bonchev–Trinajstić information content (AvgIpc) is 2.27. The van der Waals surface area contributed by atoms with Crippen LogP contribution >= 0.6 is 0 Å². The Morgan fingerprint density at radius 2 is 1.29 bits per heavy atom. The van der Waals surface area contributed by atoms with Gasteiger partial charge in [0.05, 0.1) is 32.0 Å². The van der Waals surface area contributed by atoms with Crippen molar-refractivity contribution in [2.45, 2.75) is 46.0 Å². The van der Waals surface area contributed by atoms with E-state index < -0.39 is 12.2 Å². The number of hydrogen-bond acceptors (Lipinski definition) is 6. The van der Waals surface area contributed by atoms with Gasteiger partial charge >= 0.3 is 0 Å². The zero-order valence-electron chi connectivity index (χ0n) is 11.2. The Balaban J connectivity index is -0.000000207. The lowest BCUT2D eigenvalue weighted by Crippen LogP contribution is -2.21. The van der Waals surface area contributed by atoms with Gasteiger partial charge in [-0.2, -0.15) is 0 Å². The van der Waals surface area contributed by atoms with Gasteiger partial charge in [0, 0.05) is 6.61 Å². The molecule has 6 heteroatoms. The number of rotatable bonds is 5. The third-order valence-electron chi connectivity index (χ3n) is 1.10. The summed E-state index contributed by atoms with van der Waals surface area (Å²) in [7, 11) is 0. The van der Waals surface area contributed by atoms with Crippen LogP contribution < -0.4 is 0 Å². The summed E-state index contributed by atoms with van der Waals surface area (Å²) in [6.07, 6.45) is -1.17. The molecule has 17 heavy (non-hydrogen) atoms. The minimum atomic E-state index is -0.729. The van der Waals surface area contributed by atoms with Gasteiger partial charge in [-0.1, -0.05) is 0 Å². The van der Waals surface area contributed by atoms with Crippen molar-refractivity contribution < 1.29 is 30.3 Å². The molecule has 0 rings (SSSR count). The summed E-state index contributed by atoms with van der Waals surface area (Å²) in [5, 5.41) is 40.6. The fourth-order valence-electron chi connectivity index (χ4n) is 0.356. The molecule has 2 atom stereocenters. The van der Waals surface area contributed by atoms with E-state index in [-0.39, 0.29) is 32.5 Å². The molecule has 0 spiro atoms. The first-order valence-corrected chi connectivity index (χ1v) is 5.65. The van der Waals surface area contributed by atoms with Crippen LogP contribution in [0.1, 0.15) is 27.7 Å². The molecule has 108 valence electrons. The van der Waals surface area contributed by atoms with Crippen LogP contribution in [-0.2, 0) is 4.74 Å². The van der Waals surface area contributed by atoms with E-state index in [0.717, 1.165) is 0 Å². The molecular formula is C11H28O6. The summed E-state index contributed by atoms with van der Waals surface area (Å²) in [6, 6.07) is 0. The molecule has 0 aliphatic heterocycles. The molecule has 0 aliphatic rings. The average molecular weight is 256 g/mol. The molecule has 0 saturated carbocycles. The van der Waals surface area contributed by atoms with Gasteiger partial charge in [0.25, 0.3) is 0 Å². The highest BCUT2D eigenvalue weighted by atomic mass is 16.5. The van der Waals surface area contributed by atoms with E-state index in [1.54, 1.807) is 6.92 Å². The summed E-state index contributed by atoms with van der Waals surface area (Å²) >= 11 is 0. The monoisotopic (exact) mass is 256 g/mol. The quantitative estimate of drug-likeness (QED) is 0.437. The van der Waals surface area contributed by atoms with E-state index in [1.165, 1.54) is 6.92 Å². The molecule has 0 aliphatic carbocycles. The van der Waals surface area contributed by atoms with Crippen molar-refractivity contribution in [2.75, 3.05) is 26.4 Å². The van der Waals surface area contributed by atoms with Crippen LogP contribution in [0.5, 0.6) is 0 Å². The first-order chi connectivity index (χ1) is 7.85. The third kappa shape index (κ3) is 38.9. The lowest BCUT2D eigenvalue weighted by Gasteiger charge is -2.10. The van der Waals surface area contributed by atoms with Crippen LogP contribution in [0.25, 0.3) is 0 Å². The first kappa shape index (κ1) is 22.0. The molecule has 0 saturated heterocycles. The topological polar surface area (TPSA) is 110 Å². The SMILES string of the molecule is CC(C)OCC(O)CO.CC(O)CO.CCO. The van der Waals surface area contributed by atoms with Gasteiger partial charge in [0.15, 0.2) is 0 Å². The van der Waals surface area contributed by atoms with E-state index >= 15 is 0 Å². The Labute approximate surface area is 103 Å². The number of aliphatic hydroxyl groups excluding tert-OH is 5. The normalized spacial score (nSPS) is 13.1. The molecule has 6 nitrogen and oxygen atoms in total. The van der Waals surface area contributed by atoms with Gasteiger partial charge in [-0.05, 0) is 27.7 Å². The molecule has 0 bridgehead atoms. The highest BCUT2D eigenvalue weighted by molar-refractivity contribution is 4.49. The second-order valence-electron chi connectivity index (χ2n) is 3.57. The second kappa shape index (κ2) is 18.1. The summed E-state index contributed by atoms with van der Waals surface area (Å²) in [5.74, 6) is 0. The van der Waals surface area contributed by atoms with E-state index in [2.05, 4.69) is 0 Å². The van der Waals surface area contributed by atoms with Crippen LogP contribution in [0.2, 0.25) is 0 Å². The molecule has 2 unspecified atom stereocenters. The molecule has 0 radical (unpaired) electrons. The maximum Gasteiger partial charge on any atom is 0.100 e. The molecule has 0 heterocycles. The van der Waals surface area contributed by atoms with Crippen molar-refractivity contribution in [1.82, 2.24) is 0 Å². The highest BCUT2D eigenvalue weighted by Crippen LogP contribution is 1.89. The minimum absolute atomic E-state index is 0.117. The summed E-state index contributed by atoms with van der Waals surface area (Å²) in [4.78, 5) is 0. The number of hydrogen-bond donors (Lipinski definition) is 5. The predicted octanol–water partition coefficient (Wildman–Crippen LogP) is -0.877. The lowest BCUT2D eigenvalue weighted by atomic mass is 10.4. The van der Waals surface area contributed by atoms with E-state index in [0.29, 0.717) is 0 Å². The molecule has 0 fully saturated rings. The fourth-order valence-corrected chi connectivity index (χ4v) is 0.356. The van der Waals surface area contributed by atoms with Crippen molar-refractivity contribution in [3.05, 3.63) is 0 Å². The Bertz CT molecular complexity index is 119.